The van der Waals surface area contributed by atoms with E-state index in [1.54, 1.807) is 17.0 Å². The number of carbonyl (C=O) groups is 2. The summed E-state index contributed by atoms with van der Waals surface area (Å²) in [5.41, 5.74) is 2.36. The van der Waals surface area contributed by atoms with E-state index in [9.17, 15) is 9.59 Å². The summed E-state index contributed by atoms with van der Waals surface area (Å²) in [6.45, 7) is 0.552. The first-order valence-corrected chi connectivity index (χ1v) is 8.11. The Balaban J connectivity index is 2.01. The number of fused-ring (bicyclic) bond motifs is 1. The number of esters is 1. The van der Waals surface area contributed by atoms with Crippen molar-refractivity contribution < 1.29 is 14.3 Å². The Morgan fingerprint density at radius 1 is 1.29 bits per heavy atom. The van der Waals surface area contributed by atoms with Gasteiger partial charge in [0.25, 0.3) is 5.91 Å². The molecule has 1 amide bonds. The van der Waals surface area contributed by atoms with Crippen LogP contribution in [0.4, 0.5) is 5.69 Å². The molecule has 7 heteroatoms. The zero-order valence-corrected chi connectivity index (χ0v) is 14.4. The van der Waals surface area contributed by atoms with E-state index in [4.69, 9.17) is 27.9 Å². The summed E-state index contributed by atoms with van der Waals surface area (Å²) < 4.78 is 4.83. The number of ether oxygens (including phenoxy) is 1. The molecule has 1 aromatic heterocycles. The van der Waals surface area contributed by atoms with Crippen LogP contribution in [0.3, 0.4) is 0 Å². The van der Waals surface area contributed by atoms with Gasteiger partial charge in [-0.2, -0.15) is 0 Å². The summed E-state index contributed by atoms with van der Waals surface area (Å²) in [4.78, 5) is 30.3. The topological polar surface area (TPSA) is 59.5 Å². The molecule has 0 fully saturated rings. The van der Waals surface area contributed by atoms with Gasteiger partial charge in [0.05, 0.1) is 23.3 Å². The van der Waals surface area contributed by atoms with Crippen molar-refractivity contribution in [1.82, 2.24) is 4.98 Å². The average molecular weight is 365 g/mol. The number of aromatic nitrogens is 1. The Bertz CT molecular complexity index is 823. The van der Waals surface area contributed by atoms with Crippen molar-refractivity contribution in [3.8, 4) is 0 Å². The molecule has 1 aromatic carbocycles. The minimum absolute atomic E-state index is 0.153. The van der Waals surface area contributed by atoms with Gasteiger partial charge in [-0.15, -0.1) is 0 Å². The van der Waals surface area contributed by atoms with Gasteiger partial charge in [0, 0.05) is 18.4 Å². The summed E-state index contributed by atoms with van der Waals surface area (Å²) in [5.74, 6) is -0.638. The molecule has 0 saturated heterocycles. The van der Waals surface area contributed by atoms with Gasteiger partial charge in [-0.1, -0.05) is 29.3 Å². The van der Waals surface area contributed by atoms with Gasteiger partial charge >= 0.3 is 5.97 Å². The van der Waals surface area contributed by atoms with E-state index in [2.05, 4.69) is 4.98 Å². The third-order valence-corrected chi connectivity index (χ3v) is 4.63. The second-order valence-electron chi connectivity index (χ2n) is 5.35. The molecular formula is C17H14Cl2N2O3. The zero-order chi connectivity index (χ0) is 17.3. The van der Waals surface area contributed by atoms with E-state index in [1.807, 2.05) is 6.07 Å². The van der Waals surface area contributed by atoms with E-state index >= 15 is 0 Å². The van der Waals surface area contributed by atoms with Crippen molar-refractivity contribution in [2.75, 3.05) is 18.6 Å². The molecule has 0 aliphatic carbocycles. The number of rotatable bonds is 2. The zero-order valence-electron chi connectivity index (χ0n) is 12.9. The van der Waals surface area contributed by atoms with Gasteiger partial charge in [0.15, 0.2) is 0 Å². The fourth-order valence-electron chi connectivity index (χ4n) is 2.83. The Hall–Kier alpha value is -2.11. The monoisotopic (exact) mass is 364 g/mol. The average Bonchev–Trinajstić information content (AvgIpc) is 2.61. The van der Waals surface area contributed by atoms with Crippen molar-refractivity contribution >= 4 is 40.8 Å². The van der Waals surface area contributed by atoms with Crippen molar-refractivity contribution in [2.24, 2.45) is 0 Å². The van der Waals surface area contributed by atoms with Crippen LogP contribution < -0.4 is 4.90 Å². The third kappa shape index (κ3) is 2.97. The van der Waals surface area contributed by atoms with Gasteiger partial charge in [0.1, 0.15) is 5.15 Å². The molecular weight excluding hydrogens is 351 g/mol. The van der Waals surface area contributed by atoms with E-state index in [0.717, 1.165) is 12.0 Å². The molecule has 5 nitrogen and oxygen atoms in total. The van der Waals surface area contributed by atoms with Crippen molar-refractivity contribution in [1.29, 1.82) is 0 Å². The van der Waals surface area contributed by atoms with Gasteiger partial charge in [-0.05, 0) is 36.6 Å². The second kappa shape index (κ2) is 6.79. The lowest BCUT2D eigenvalue weighted by Gasteiger charge is -2.30. The third-order valence-electron chi connectivity index (χ3n) is 3.94. The van der Waals surface area contributed by atoms with Crippen molar-refractivity contribution in [3.05, 3.63) is 57.3 Å². The fourth-order valence-corrected chi connectivity index (χ4v) is 3.10. The lowest BCUT2D eigenvalue weighted by molar-refractivity contribution is 0.0599. The number of benzene rings is 1. The van der Waals surface area contributed by atoms with Crippen molar-refractivity contribution in [2.45, 2.75) is 12.8 Å². The molecule has 0 unspecified atom stereocenters. The molecule has 2 heterocycles. The quantitative estimate of drug-likeness (QED) is 0.601. The van der Waals surface area contributed by atoms with Crippen molar-refractivity contribution in [3.63, 3.8) is 0 Å². The Labute approximate surface area is 149 Å². The van der Waals surface area contributed by atoms with Crippen LogP contribution in [0, 0.1) is 0 Å². The largest absolute Gasteiger partial charge is 0.465 e. The van der Waals surface area contributed by atoms with E-state index in [-0.39, 0.29) is 16.1 Å². The number of pyridine rings is 1. The molecule has 0 radical (unpaired) electrons. The number of hydrogen-bond acceptors (Lipinski definition) is 4. The Morgan fingerprint density at radius 3 is 2.79 bits per heavy atom. The van der Waals surface area contributed by atoms with Crippen LogP contribution in [0.25, 0.3) is 0 Å². The van der Waals surface area contributed by atoms with Gasteiger partial charge < -0.3 is 9.64 Å². The summed E-state index contributed by atoms with van der Waals surface area (Å²) in [7, 11) is 1.34. The number of carbonyl (C=O) groups excluding carboxylic acids is 2. The molecule has 1 aliphatic rings. The van der Waals surface area contributed by atoms with E-state index < -0.39 is 5.97 Å². The van der Waals surface area contributed by atoms with Crippen LogP contribution in [-0.2, 0) is 11.2 Å². The molecule has 0 spiro atoms. The van der Waals surface area contributed by atoms with Crippen LogP contribution >= 0.6 is 23.2 Å². The van der Waals surface area contributed by atoms with Gasteiger partial charge in [0.2, 0.25) is 0 Å². The van der Waals surface area contributed by atoms with Crippen LogP contribution in [0.5, 0.6) is 0 Å². The molecule has 24 heavy (non-hydrogen) atoms. The summed E-state index contributed by atoms with van der Waals surface area (Å²) in [5, 5.41) is 0.378. The summed E-state index contributed by atoms with van der Waals surface area (Å²) in [6.07, 6.45) is 2.86. The molecule has 3 rings (SSSR count). The normalized spacial score (nSPS) is 13.4. The molecule has 0 bridgehead atoms. The number of amides is 1. The SMILES string of the molecule is COC(=O)c1cccc2c1CCCN2C(=O)c1cnc(Cl)c(Cl)c1. The fraction of sp³-hybridized carbons (Fsp3) is 0.235. The maximum atomic E-state index is 12.8. The molecule has 2 aromatic rings. The van der Waals surface area contributed by atoms with E-state index in [0.29, 0.717) is 29.8 Å². The summed E-state index contributed by atoms with van der Waals surface area (Å²) in [6, 6.07) is 6.77. The maximum absolute atomic E-state index is 12.8. The van der Waals surface area contributed by atoms with Crippen LogP contribution in [0.15, 0.2) is 30.5 Å². The van der Waals surface area contributed by atoms with Crippen LogP contribution in [0.2, 0.25) is 10.2 Å². The molecule has 0 atom stereocenters. The number of nitrogens with zero attached hydrogens (tertiary/aromatic N) is 2. The molecule has 0 saturated carbocycles. The first-order valence-electron chi connectivity index (χ1n) is 7.36. The highest BCUT2D eigenvalue weighted by Crippen LogP contribution is 2.32. The number of anilines is 1. The highest BCUT2D eigenvalue weighted by Gasteiger charge is 2.27. The first kappa shape index (κ1) is 16.7. The number of methoxy groups -OCH3 is 1. The predicted molar refractivity (Wildman–Crippen MR) is 92.0 cm³/mol. The number of hydrogen-bond donors (Lipinski definition) is 0. The first-order chi connectivity index (χ1) is 11.5. The van der Waals surface area contributed by atoms with E-state index in [1.165, 1.54) is 19.4 Å². The molecule has 1 aliphatic heterocycles. The standard InChI is InChI=1S/C17H14Cl2N2O3/c1-24-17(23)12-4-2-6-14-11(12)5-3-7-21(14)16(22)10-8-13(18)15(19)20-9-10/h2,4,6,8-9H,3,5,7H2,1H3. The molecule has 124 valence electrons. The smallest absolute Gasteiger partial charge is 0.338 e. The minimum atomic E-state index is -0.405. The lowest BCUT2D eigenvalue weighted by atomic mass is 9.95. The number of halogens is 2. The molecule has 0 N–H and O–H groups in total. The summed E-state index contributed by atoms with van der Waals surface area (Å²) >= 11 is 11.8. The lowest BCUT2D eigenvalue weighted by Crippen LogP contribution is -2.36. The van der Waals surface area contributed by atoms with Gasteiger partial charge in [-0.25, -0.2) is 9.78 Å². The van der Waals surface area contributed by atoms with Crippen LogP contribution in [0.1, 0.15) is 32.7 Å². The predicted octanol–water partition coefficient (Wildman–Crippen LogP) is 3.77. The highest BCUT2D eigenvalue weighted by molar-refractivity contribution is 6.41. The highest BCUT2D eigenvalue weighted by atomic mass is 35.5. The second-order valence-corrected chi connectivity index (χ2v) is 6.12. The maximum Gasteiger partial charge on any atom is 0.338 e. The van der Waals surface area contributed by atoms with Crippen LogP contribution in [-0.4, -0.2) is 30.5 Å². The van der Waals surface area contributed by atoms with Gasteiger partial charge in [-0.3, -0.25) is 4.79 Å². The minimum Gasteiger partial charge on any atom is -0.465 e. The Kier molecular flexibility index (Phi) is 4.73. The Morgan fingerprint density at radius 2 is 2.08 bits per heavy atom.